The van der Waals surface area contributed by atoms with E-state index in [0.29, 0.717) is 24.2 Å². The molecule has 2 aliphatic heterocycles. The Labute approximate surface area is 214 Å². The number of hydrogen-bond acceptors (Lipinski definition) is 7. The van der Waals surface area contributed by atoms with Gasteiger partial charge in [0.25, 0.3) is 11.8 Å². The summed E-state index contributed by atoms with van der Waals surface area (Å²) in [6.07, 6.45) is 6.10. The van der Waals surface area contributed by atoms with E-state index in [0.717, 1.165) is 35.9 Å². The number of aromatic nitrogens is 3. The number of pyridine rings is 1. The average Bonchev–Trinajstić information content (AvgIpc) is 3.38. The second kappa shape index (κ2) is 9.93. The molecule has 1 aromatic carbocycles. The summed E-state index contributed by atoms with van der Waals surface area (Å²) in [5.74, 6) is -0.752. The van der Waals surface area contributed by atoms with E-state index in [1.165, 1.54) is 4.90 Å². The summed E-state index contributed by atoms with van der Waals surface area (Å²) in [6, 6.07) is 8.09. The van der Waals surface area contributed by atoms with Gasteiger partial charge in [-0.05, 0) is 70.2 Å². The molecular weight excluding hydrogens is 474 g/mol. The highest BCUT2D eigenvalue weighted by molar-refractivity contribution is 6.21. The fourth-order valence-corrected chi connectivity index (χ4v) is 4.77. The third kappa shape index (κ3) is 5.34. The summed E-state index contributed by atoms with van der Waals surface area (Å²) in [6.45, 7) is 6.03. The van der Waals surface area contributed by atoms with Crippen LogP contribution < -0.4 is 5.32 Å². The van der Waals surface area contributed by atoms with Crippen LogP contribution >= 0.6 is 0 Å². The molecule has 0 saturated carbocycles. The van der Waals surface area contributed by atoms with Crippen molar-refractivity contribution >= 4 is 28.9 Å². The number of amides is 3. The molecule has 1 N–H and O–H groups in total. The van der Waals surface area contributed by atoms with Gasteiger partial charge in [0.15, 0.2) is 11.9 Å². The van der Waals surface area contributed by atoms with Gasteiger partial charge in [-0.3, -0.25) is 14.5 Å². The molecule has 10 nitrogen and oxygen atoms in total. The van der Waals surface area contributed by atoms with E-state index in [2.05, 4.69) is 15.4 Å². The first-order valence-corrected chi connectivity index (χ1v) is 12.6. The van der Waals surface area contributed by atoms with Crippen LogP contribution in [-0.4, -0.2) is 62.4 Å². The lowest BCUT2D eigenvalue weighted by Crippen LogP contribution is -2.48. The van der Waals surface area contributed by atoms with Crippen LogP contribution in [0, 0.1) is 0 Å². The molecule has 2 atom stereocenters. The molecule has 4 heterocycles. The average molecular weight is 506 g/mol. The van der Waals surface area contributed by atoms with Gasteiger partial charge in [-0.15, -0.1) is 0 Å². The summed E-state index contributed by atoms with van der Waals surface area (Å²) < 4.78 is 13.1. The molecule has 2 aliphatic rings. The first kappa shape index (κ1) is 24.9. The molecule has 10 heteroatoms. The Kier molecular flexibility index (Phi) is 6.68. The van der Waals surface area contributed by atoms with Gasteiger partial charge in [0.05, 0.1) is 29.9 Å². The number of nitrogens with zero attached hydrogens (tertiary/aromatic N) is 4. The second-order valence-corrected chi connectivity index (χ2v) is 10.5. The molecule has 37 heavy (non-hydrogen) atoms. The molecular formula is C27H31N5O5. The maximum absolute atomic E-state index is 13.0. The van der Waals surface area contributed by atoms with Gasteiger partial charge in [-0.25, -0.2) is 14.5 Å². The van der Waals surface area contributed by atoms with E-state index >= 15 is 0 Å². The Morgan fingerprint density at radius 2 is 1.89 bits per heavy atom. The number of ether oxygens (including phenoxy) is 2. The zero-order valence-corrected chi connectivity index (χ0v) is 21.3. The van der Waals surface area contributed by atoms with Crippen molar-refractivity contribution in [3.8, 4) is 0 Å². The van der Waals surface area contributed by atoms with Crippen molar-refractivity contribution in [3.63, 3.8) is 0 Å². The minimum absolute atomic E-state index is 0.00119. The van der Waals surface area contributed by atoms with E-state index in [9.17, 15) is 14.4 Å². The highest BCUT2D eigenvalue weighted by atomic mass is 16.6. The number of nitrogens with one attached hydrogen (secondary N) is 1. The molecule has 0 aliphatic carbocycles. The monoisotopic (exact) mass is 505 g/mol. The summed E-state index contributed by atoms with van der Waals surface area (Å²) in [5, 5.41) is 8.19. The normalized spacial score (nSPS) is 18.7. The van der Waals surface area contributed by atoms with Crippen LogP contribution in [0.1, 0.15) is 72.5 Å². The van der Waals surface area contributed by atoms with Gasteiger partial charge >= 0.3 is 6.09 Å². The van der Waals surface area contributed by atoms with Gasteiger partial charge < -0.3 is 14.8 Å². The number of fused-ring (bicyclic) bond motifs is 2. The first-order valence-electron chi connectivity index (χ1n) is 12.6. The lowest BCUT2D eigenvalue weighted by atomic mass is 10.1. The standard InChI is InChI=1S/C27H31N5O5/c1-27(2,3)37-26(35)30-19(16-31-24(33)20-8-4-5-9-21(20)25(31)34)13-17-12-18-15-29-32(23(18)28-14-17)22-10-6-7-11-36-22/h4-5,8-9,12,14-15,19,22H,6-7,10-11,13,16H2,1-3H3,(H,30,35). The number of benzene rings is 1. The Hall–Kier alpha value is -3.79. The van der Waals surface area contributed by atoms with E-state index in [1.54, 1.807) is 57.4 Å². The number of rotatable bonds is 6. The number of imide groups is 1. The zero-order valence-electron chi connectivity index (χ0n) is 21.3. The number of alkyl carbamates (subject to hydrolysis) is 1. The van der Waals surface area contributed by atoms with Crippen molar-refractivity contribution in [2.45, 2.75) is 64.3 Å². The Morgan fingerprint density at radius 3 is 2.54 bits per heavy atom. The Bertz CT molecular complexity index is 1300. The van der Waals surface area contributed by atoms with Crippen LogP contribution in [-0.2, 0) is 15.9 Å². The molecule has 0 radical (unpaired) electrons. The van der Waals surface area contributed by atoms with Gasteiger partial charge in [-0.1, -0.05) is 12.1 Å². The van der Waals surface area contributed by atoms with Gasteiger partial charge in [0.2, 0.25) is 0 Å². The van der Waals surface area contributed by atoms with Crippen molar-refractivity contribution in [3.05, 3.63) is 59.4 Å². The molecule has 3 amide bonds. The lowest BCUT2D eigenvalue weighted by Gasteiger charge is -2.26. The van der Waals surface area contributed by atoms with Crippen LogP contribution in [0.4, 0.5) is 4.79 Å². The van der Waals surface area contributed by atoms with E-state index < -0.39 is 17.7 Å². The van der Waals surface area contributed by atoms with Crippen molar-refractivity contribution in [1.82, 2.24) is 25.0 Å². The zero-order chi connectivity index (χ0) is 26.2. The molecule has 194 valence electrons. The first-order chi connectivity index (χ1) is 17.7. The highest BCUT2D eigenvalue weighted by Gasteiger charge is 2.37. The SMILES string of the molecule is CC(C)(C)OC(=O)NC(Cc1cnc2c(cnn2C2CCCCO2)c1)CN1C(=O)c2ccccc2C1=O. The number of carbonyl (C=O) groups excluding carboxylic acids is 3. The van der Waals surface area contributed by atoms with E-state index in [1.807, 2.05) is 10.7 Å². The molecule has 0 spiro atoms. The van der Waals surface area contributed by atoms with Crippen LogP contribution in [0.25, 0.3) is 11.0 Å². The summed E-state index contributed by atoms with van der Waals surface area (Å²) in [5.41, 5.74) is 1.59. The molecule has 2 unspecified atom stereocenters. The molecule has 2 aromatic heterocycles. The van der Waals surface area contributed by atoms with Crippen molar-refractivity contribution < 1.29 is 23.9 Å². The predicted molar refractivity (Wildman–Crippen MR) is 135 cm³/mol. The predicted octanol–water partition coefficient (Wildman–Crippen LogP) is 3.86. The van der Waals surface area contributed by atoms with Crippen molar-refractivity contribution in [2.24, 2.45) is 0 Å². The van der Waals surface area contributed by atoms with Crippen molar-refractivity contribution in [1.29, 1.82) is 0 Å². The molecule has 1 fully saturated rings. The topological polar surface area (TPSA) is 116 Å². The Morgan fingerprint density at radius 1 is 1.16 bits per heavy atom. The van der Waals surface area contributed by atoms with Crippen LogP contribution in [0.3, 0.4) is 0 Å². The maximum atomic E-state index is 13.0. The molecule has 0 bridgehead atoms. The van der Waals surface area contributed by atoms with E-state index in [4.69, 9.17) is 9.47 Å². The lowest BCUT2D eigenvalue weighted by molar-refractivity contribution is -0.0370. The molecule has 3 aromatic rings. The van der Waals surface area contributed by atoms with E-state index in [-0.39, 0.29) is 24.6 Å². The van der Waals surface area contributed by atoms with Crippen LogP contribution in [0.15, 0.2) is 42.7 Å². The summed E-state index contributed by atoms with van der Waals surface area (Å²) in [7, 11) is 0. The minimum Gasteiger partial charge on any atom is -0.444 e. The van der Waals surface area contributed by atoms with Crippen LogP contribution in [0.5, 0.6) is 0 Å². The fraction of sp³-hybridized carbons (Fsp3) is 0.444. The van der Waals surface area contributed by atoms with Gasteiger partial charge in [0.1, 0.15) is 5.60 Å². The number of carbonyl (C=O) groups is 3. The maximum Gasteiger partial charge on any atom is 0.407 e. The fourth-order valence-electron chi connectivity index (χ4n) is 4.77. The Balaban J connectivity index is 1.37. The largest absolute Gasteiger partial charge is 0.444 e. The second-order valence-electron chi connectivity index (χ2n) is 10.5. The third-order valence-corrected chi connectivity index (χ3v) is 6.40. The smallest absolute Gasteiger partial charge is 0.407 e. The van der Waals surface area contributed by atoms with Gasteiger partial charge in [-0.2, -0.15) is 5.10 Å². The highest BCUT2D eigenvalue weighted by Crippen LogP contribution is 2.26. The van der Waals surface area contributed by atoms with Crippen molar-refractivity contribution in [2.75, 3.05) is 13.2 Å². The minimum atomic E-state index is -0.694. The quantitative estimate of drug-likeness (QED) is 0.506. The molecule has 1 saturated heterocycles. The van der Waals surface area contributed by atoms with Gasteiger partial charge in [0, 0.05) is 18.2 Å². The summed E-state index contributed by atoms with van der Waals surface area (Å²) in [4.78, 5) is 44.4. The summed E-state index contributed by atoms with van der Waals surface area (Å²) >= 11 is 0. The third-order valence-electron chi connectivity index (χ3n) is 6.40. The number of hydrogen-bond donors (Lipinski definition) is 1. The van der Waals surface area contributed by atoms with Crippen LogP contribution in [0.2, 0.25) is 0 Å². The molecule has 5 rings (SSSR count).